The van der Waals surface area contributed by atoms with E-state index >= 15 is 0 Å². The normalized spacial score (nSPS) is 36.2. The van der Waals surface area contributed by atoms with Crippen molar-refractivity contribution in [2.24, 2.45) is 0 Å². The molecule has 0 aliphatic carbocycles. The van der Waals surface area contributed by atoms with Crippen LogP contribution in [0.3, 0.4) is 0 Å². The van der Waals surface area contributed by atoms with Gasteiger partial charge in [0.15, 0.2) is 0 Å². The topological polar surface area (TPSA) is 21.7 Å². The predicted molar refractivity (Wildman–Crippen MR) is 50.8 cm³/mol. The van der Waals surface area contributed by atoms with Gasteiger partial charge in [-0.15, -0.1) is 0 Å². The minimum Gasteiger partial charge on any atom is -0.372 e. The first-order valence-electron chi connectivity index (χ1n) is 5.05. The van der Waals surface area contributed by atoms with Crippen molar-refractivity contribution < 1.29 is 9.47 Å². The molecule has 2 heterocycles. The van der Waals surface area contributed by atoms with E-state index in [-0.39, 0.29) is 5.54 Å². The summed E-state index contributed by atoms with van der Waals surface area (Å²) >= 11 is 0. The molecule has 2 rings (SSSR count). The summed E-state index contributed by atoms with van der Waals surface area (Å²) in [5, 5.41) is 0. The molecule has 0 aromatic carbocycles. The fourth-order valence-corrected chi connectivity index (χ4v) is 2.01. The molecule has 2 aliphatic heterocycles. The molecule has 0 spiro atoms. The second kappa shape index (κ2) is 3.23. The molecule has 0 bridgehead atoms. The number of ether oxygens (including phenoxy) is 2. The number of fused-ring (bicyclic) bond motifs is 1. The number of hydrogen-bond acceptors (Lipinski definition) is 3. The summed E-state index contributed by atoms with van der Waals surface area (Å²) < 4.78 is 11.3. The van der Waals surface area contributed by atoms with Gasteiger partial charge < -0.3 is 9.47 Å². The molecule has 76 valence electrons. The lowest BCUT2D eigenvalue weighted by Crippen LogP contribution is -2.40. The molecule has 0 radical (unpaired) electrons. The maximum Gasteiger partial charge on any atom is 0.0977 e. The highest BCUT2D eigenvalue weighted by Crippen LogP contribution is 2.26. The zero-order chi connectivity index (χ0) is 9.47. The van der Waals surface area contributed by atoms with Crippen molar-refractivity contribution in [1.29, 1.82) is 0 Å². The Morgan fingerprint density at radius 2 is 1.46 bits per heavy atom. The zero-order valence-corrected chi connectivity index (χ0v) is 8.75. The molecule has 0 aromatic heterocycles. The van der Waals surface area contributed by atoms with Gasteiger partial charge in [0.05, 0.1) is 25.4 Å². The van der Waals surface area contributed by atoms with Gasteiger partial charge in [-0.2, -0.15) is 0 Å². The largest absolute Gasteiger partial charge is 0.372 e. The third-order valence-corrected chi connectivity index (χ3v) is 2.91. The number of hydrogen-bond donors (Lipinski definition) is 0. The van der Waals surface area contributed by atoms with Crippen LogP contribution >= 0.6 is 0 Å². The summed E-state index contributed by atoms with van der Waals surface area (Å²) in [5.41, 5.74) is 0.240. The van der Waals surface area contributed by atoms with Crippen molar-refractivity contribution in [2.45, 2.75) is 38.5 Å². The van der Waals surface area contributed by atoms with Gasteiger partial charge in [-0.1, -0.05) is 0 Å². The molecule has 2 fully saturated rings. The molecule has 0 saturated carbocycles. The zero-order valence-electron chi connectivity index (χ0n) is 8.75. The molecule has 3 nitrogen and oxygen atoms in total. The first kappa shape index (κ1) is 9.44. The van der Waals surface area contributed by atoms with Crippen LogP contribution in [0.2, 0.25) is 0 Å². The molecule has 0 N–H and O–H groups in total. The van der Waals surface area contributed by atoms with Crippen molar-refractivity contribution in [2.75, 3.05) is 26.3 Å². The Labute approximate surface area is 80.0 Å². The average molecular weight is 185 g/mol. The summed E-state index contributed by atoms with van der Waals surface area (Å²) in [6.45, 7) is 10.3. The lowest BCUT2D eigenvalue weighted by atomic mass is 10.1. The van der Waals surface area contributed by atoms with Crippen LogP contribution in [0.25, 0.3) is 0 Å². The highest BCUT2D eigenvalue weighted by molar-refractivity contribution is 4.93. The maximum atomic E-state index is 5.66. The Hall–Kier alpha value is -0.120. The van der Waals surface area contributed by atoms with E-state index in [9.17, 15) is 0 Å². The molecule has 2 saturated heterocycles. The SMILES string of the molecule is CC(C)(C)N1C[C@H]2OCCO[C@@H]2C1. The van der Waals surface area contributed by atoms with Crippen LogP contribution in [0.15, 0.2) is 0 Å². The fraction of sp³-hybridized carbons (Fsp3) is 1.00. The van der Waals surface area contributed by atoms with Crippen LogP contribution in [0.1, 0.15) is 20.8 Å². The fourth-order valence-electron chi connectivity index (χ4n) is 2.01. The number of likely N-dealkylation sites (tertiary alicyclic amines) is 1. The van der Waals surface area contributed by atoms with Gasteiger partial charge in [0.25, 0.3) is 0 Å². The van der Waals surface area contributed by atoms with Crippen molar-refractivity contribution in [1.82, 2.24) is 4.90 Å². The van der Waals surface area contributed by atoms with Crippen LogP contribution in [-0.4, -0.2) is 49.0 Å². The summed E-state index contributed by atoms with van der Waals surface area (Å²) in [4.78, 5) is 2.44. The van der Waals surface area contributed by atoms with Crippen LogP contribution < -0.4 is 0 Å². The van der Waals surface area contributed by atoms with Crippen molar-refractivity contribution in [3.8, 4) is 0 Å². The lowest BCUT2D eigenvalue weighted by Gasteiger charge is -2.31. The van der Waals surface area contributed by atoms with Gasteiger partial charge in [0.1, 0.15) is 0 Å². The molecular weight excluding hydrogens is 166 g/mol. The van der Waals surface area contributed by atoms with E-state index in [0.29, 0.717) is 12.2 Å². The molecule has 13 heavy (non-hydrogen) atoms. The lowest BCUT2D eigenvalue weighted by molar-refractivity contribution is -0.116. The molecule has 0 unspecified atom stereocenters. The highest BCUT2D eigenvalue weighted by Gasteiger charge is 2.40. The monoisotopic (exact) mass is 185 g/mol. The molecule has 0 amide bonds. The van der Waals surface area contributed by atoms with Gasteiger partial charge in [-0.3, -0.25) is 4.90 Å². The number of rotatable bonds is 0. The summed E-state index contributed by atoms with van der Waals surface area (Å²) in [5.74, 6) is 0. The minimum atomic E-state index is 0.240. The van der Waals surface area contributed by atoms with E-state index < -0.39 is 0 Å². The van der Waals surface area contributed by atoms with E-state index in [0.717, 1.165) is 26.3 Å². The van der Waals surface area contributed by atoms with Gasteiger partial charge in [-0.05, 0) is 20.8 Å². The molecule has 3 heteroatoms. The van der Waals surface area contributed by atoms with Crippen LogP contribution in [-0.2, 0) is 9.47 Å². The summed E-state index contributed by atoms with van der Waals surface area (Å²) in [7, 11) is 0. The van der Waals surface area contributed by atoms with Crippen LogP contribution in [0, 0.1) is 0 Å². The third kappa shape index (κ3) is 1.87. The summed E-state index contributed by atoms with van der Waals surface area (Å²) in [6.07, 6.45) is 0.626. The highest BCUT2D eigenvalue weighted by atomic mass is 16.6. The van der Waals surface area contributed by atoms with Crippen molar-refractivity contribution >= 4 is 0 Å². The minimum absolute atomic E-state index is 0.240. The molecular formula is C10H19NO2. The third-order valence-electron chi connectivity index (χ3n) is 2.91. The van der Waals surface area contributed by atoms with Gasteiger partial charge in [0, 0.05) is 18.6 Å². The van der Waals surface area contributed by atoms with E-state index in [4.69, 9.17) is 9.47 Å². The van der Waals surface area contributed by atoms with Gasteiger partial charge in [0.2, 0.25) is 0 Å². The number of nitrogens with zero attached hydrogens (tertiary/aromatic N) is 1. The van der Waals surface area contributed by atoms with E-state index in [1.54, 1.807) is 0 Å². The Morgan fingerprint density at radius 1 is 1.00 bits per heavy atom. The molecule has 2 aliphatic rings. The van der Waals surface area contributed by atoms with Gasteiger partial charge in [-0.25, -0.2) is 0 Å². The Bertz CT molecular complexity index is 174. The Kier molecular flexibility index (Phi) is 2.34. The van der Waals surface area contributed by atoms with E-state index in [2.05, 4.69) is 25.7 Å². The predicted octanol–water partition coefficient (Wildman–Crippen LogP) is 0.884. The quantitative estimate of drug-likeness (QED) is 0.559. The second-order valence-corrected chi connectivity index (χ2v) is 4.89. The first-order chi connectivity index (χ1) is 6.07. The molecule has 0 aromatic rings. The van der Waals surface area contributed by atoms with Crippen molar-refractivity contribution in [3.05, 3.63) is 0 Å². The van der Waals surface area contributed by atoms with Crippen LogP contribution in [0.5, 0.6) is 0 Å². The Balaban J connectivity index is 1.99. The van der Waals surface area contributed by atoms with Gasteiger partial charge >= 0.3 is 0 Å². The van der Waals surface area contributed by atoms with E-state index in [1.165, 1.54) is 0 Å². The maximum absolute atomic E-state index is 5.66. The Morgan fingerprint density at radius 3 is 1.85 bits per heavy atom. The second-order valence-electron chi connectivity index (χ2n) is 4.89. The summed E-state index contributed by atoms with van der Waals surface area (Å²) in [6, 6.07) is 0. The first-order valence-corrected chi connectivity index (χ1v) is 5.05. The van der Waals surface area contributed by atoms with Crippen molar-refractivity contribution in [3.63, 3.8) is 0 Å². The van der Waals surface area contributed by atoms with E-state index in [1.807, 2.05) is 0 Å². The average Bonchev–Trinajstić information content (AvgIpc) is 2.45. The standard InChI is InChI=1S/C10H19NO2/c1-10(2,3)11-6-8-9(7-11)13-5-4-12-8/h8-9H,4-7H2,1-3H3/t8-,9-/m1/s1. The molecule has 2 atom stereocenters. The smallest absolute Gasteiger partial charge is 0.0977 e. The van der Waals surface area contributed by atoms with Crippen LogP contribution in [0.4, 0.5) is 0 Å².